The lowest BCUT2D eigenvalue weighted by atomic mass is 10.1. The first-order chi connectivity index (χ1) is 12.8. The summed E-state index contributed by atoms with van der Waals surface area (Å²) in [4.78, 5) is 26.8. The first kappa shape index (κ1) is 16.8. The molecule has 9 heteroatoms. The molecule has 1 N–H and O–H groups in total. The Morgan fingerprint density at radius 3 is 3.04 bits per heavy atom. The number of nitrogens with one attached hydrogen (secondary N) is 1. The number of amides is 1. The quantitative estimate of drug-likeness (QED) is 0.708. The van der Waals surface area contributed by atoms with Gasteiger partial charge in [0.25, 0.3) is 5.91 Å². The summed E-state index contributed by atoms with van der Waals surface area (Å²) in [6.07, 6.45) is 9.02. The van der Waals surface area contributed by atoms with Gasteiger partial charge in [0, 0.05) is 49.8 Å². The molecule has 0 bridgehead atoms. The molecule has 3 aromatic rings. The van der Waals surface area contributed by atoms with Crippen molar-refractivity contribution in [1.82, 2.24) is 34.9 Å². The van der Waals surface area contributed by atoms with Crippen molar-refractivity contribution in [1.29, 1.82) is 0 Å². The summed E-state index contributed by atoms with van der Waals surface area (Å²) in [5, 5.41) is 10.5. The molecule has 0 unspecified atom stereocenters. The third-order valence-corrected chi connectivity index (χ3v) is 5.12. The maximum atomic E-state index is 12.1. The number of carbonyl (C=O) groups excluding carboxylic acids is 1. The molecule has 0 radical (unpaired) electrons. The van der Waals surface area contributed by atoms with E-state index in [2.05, 4.69) is 41.0 Å². The van der Waals surface area contributed by atoms with E-state index >= 15 is 0 Å². The molecule has 1 atom stereocenters. The van der Waals surface area contributed by atoms with Gasteiger partial charge in [-0.05, 0) is 12.5 Å². The van der Waals surface area contributed by atoms with Gasteiger partial charge in [-0.1, -0.05) is 0 Å². The molecule has 1 aliphatic rings. The van der Waals surface area contributed by atoms with Crippen LogP contribution in [0.3, 0.4) is 0 Å². The molecule has 8 nitrogen and oxygen atoms in total. The van der Waals surface area contributed by atoms with Gasteiger partial charge < -0.3 is 5.32 Å². The Morgan fingerprint density at radius 1 is 1.27 bits per heavy atom. The normalized spacial score (nSPS) is 17.0. The highest BCUT2D eigenvalue weighted by Gasteiger charge is 2.26. The van der Waals surface area contributed by atoms with Crippen molar-refractivity contribution in [2.75, 3.05) is 13.1 Å². The fraction of sp³-hybridized carbons (Fsp3) is 0.353. The molecule has 1 aliphatic heterocycles. The van der Waals surface area contributed by atoms with Crippen LogP contribution in [0, 0.1) is 0 Å². The molecule has 0 saturated carbocycles. The van der Waals surface area contributed by atoms with E-state index < -0.39 is 0 Å². The zero-order valence-electron chi connectivity index (χ0n) is 14.2. The van der Waals surface area contributed by atoms with E-state index in [1.807, 2.05) is 17.8 Å². The molecule has 4 rings (SSSR count). The molecule has 0 spiro atoms. The number of hydrogen-bond acceptors (Lipinski definition) is 7. The Hall–Kier alpha value is -2.65. The first-order valence-corrected chi connectivity index (χ1v) is 9.35. The number of rotatable bonds is 6. The van der Waals surface area contributed by atoms with Gasteiger partial charge in [0.1, 0.15) is 10.7 Å². The predicted octanol–water partition coefficient (Wildman–Crippen LogP) is 1.51. The predicted molar refractivity (Wildman–Crippen MR) is 96.5 cm³/mol. The van der Waals surface area contributed by atoms with Gasteiger partial charge in [-0.3, -0.25) is 19.4 Å². The van der Waals surface area contributed by atoms with Gasteiger partial charge in [0.2, 0.25) is 0 Å². The second-order valence-electron chi connectivity index (χ2n) is 6.15. The van der Waals surface area contributed by atoms with Crippen LogP contribution in [0.5, 0.6) is 0 Å². The van der Waals surface area contributed by atoms with Gasteiger partial charge in [-0.15, -0.1) is 11.3 Å². The first-order valence-electron chi connectivity index (χ1n) is 8.47. The van der Waals surface area contributed by atoms with E-state index in [0.717, 1.165) is 31.1 Å². The lowest BCUT2D eigenvalue weighted by Gasteiger charge is -2.33. The Labute approximate surface area is 154 Å². The topological polar surface area (TPSA) is 88.8 Å². The van der Waals surface area contributed by atoms with Gasteiger partial charge in [-0.25, -0.2) is 9.97 Å². The minimum Gasteiger partial charge on any atom is -0.351 e. The van der Waals surface area contributed by atoms with Crippen molar-refractivity contribution in [2.45, 2.75) is 25.6 Å². The number of carbonyl (C=O) groups is 1. The van der Waals surface area contributed by atoms with Crippen molar-refractivity contribution in [3.05, 3.63) is 58.8 Å². The van der Waals surface area contributed by atoms with Crippen LogP contribution in [0.2, 0.25) is 0 Å². The summed E-state index contributed by atoms with van der Waals surface area (Å²) in [6, 6.07) is 2.27. The fourth-order valence-corrected chi connectivity index (χ4v) is 3.84. The van der Waals surface area contributed by atoms with E-state index in [1.54, 1.807) is 17.5 Å². The molecule has 26 heavy (non-hydrogen) atoms. The Kier molecular flexibility index (Phi) is 4.98. The number of hydrogen-bond donors (Lipinski definition) is 1. The average Bonchev–Trinajstić information content (AvgIpc) is 3.34. The molecule has 4 heterocycles. The standard InChI is InChI=1S/C17H19N7OS/c25-17(15-9-18-5-6-19-15)21-3-1-13-10-23(12-16-20-7-8-26-16)11-14-2-4-22-24(13)14/h2,4-9,13H,1,3,10-12H2,(H,21,25)/t13-/m0/s1. The van der Waals surface area contributed by atoms with Crippen molar-refractivity contribution >= 4 is 17.2 Å². The third-order valence-electron chi connectivity index (χ3n) is 4.35. The van der Waals surface area contributed by atoms with Crippen LogP contribution in [0.25, 0.3) is 0 Å². The summed E-state index contributed by atoms with van der Waals surface area (Å²) in [7, 11) is 0. The third kappa shape index (κ3) is 3.78. The maximum absolute atomic E-state index is 12.1. The van der Waals surface area contributed by atoms with E-state index in [-0.39, 0.29) is 11.9 Å². The van der Waals surface area contributed by atoms with Crippen molar-refractivity contribution in [2.24, 2.45) is 0 Å². The van der Waals surface area contributed by atoms with Crippen LogP contribution in [-0.4, -0.2) is 48.6 Å². The molecule has 0 aliphatic carbocycles. The van der Waals surface area contributed by atoms with Gasteiger partial charge in [-0.2, -0.15) is 5.10 Å². The molecule has 134 valence electrons. The minimum atomic E-state index is -0.200. The maximum Gasteiger partial charge on any atom is 0.271 e. The second-order valence-corrected chi connectivity index (χ2v) is 7.13. The molecular formula is C17H19N7OS. The van der Waals surface area contributed by atoms with E-state index in [1.165, 1.54) is 18.1 Å². The number of fused-ring (bicyclic) bond motifs is 1. The molecule has 0 aromatic carbocycles. The molecular weight excluding hydrogens is 350 g/mol. The Morgan fingerprint density at radius 2 is 2.23 bits per heavy atom. The zero-order chi connectivity index (χ0) is 17.8. The summed E-state index contributed by atoms with van der Waals surface area (Å²) < 4.78 is 2.08. The monoisotopic (exact) mass is 369 g/mol. The van der Waals surface area contributed by atoms with Gasteiger partial charge in [0.05, 0.1) is 24.5 Å². The molecule has 1 amide bonds. The summed E-state index contributed by atoms with van der Waals surface area (Å²) in [5.41, 5.74) is 1.53. The van der Waals surface area contributed by atoms with Crippen LogP contribution in [0.1, 0.15) is 33.7 Å². The highest BCUT2D eigenvalue weighted by molar-refractivity contribution is 7.09. The van der Waals surface area contributed by atoms with Crippen molar-refractivity contribution in [3.8, 4) is 0 Å². The Balaban J connectivity index is 1.37. The molecule has 0 saturated heterocycles. The van der Waals surface area contributed by atoms with Crippen LogP contribution < -0.4 is 5.32 Å². The number of thiazole rings is 1. The van der Waals surface area contributed by atoms with Crippen molar-refractivity contribution in [3.63, 3.8) is 0 Å². The van der Waals surface area contributed by atoms with Crippen LogP contribution in [-0.2, 0) is 13.1 Å². The highest BCUT2D eigenvalue weighted by Crippen LogP contribution is 2.24. The van der Waals surface area contributed by atoms with E-state index in [0.29, 0.717) is 12.2 Å². The van der Waals surface area contributed by atoms with E-state index in [9.17, 15) is 4.79 Å². The SMILES string of the molecule is O=C(NCC[C@H]1CN(Cc2nccs2)Cc2ccnn21)c1cnccn1. The summed E-state index contributed by atoms with van der Waals surface area (Å²) >= 11 is 1.68. The molecule has 3 aromatic heterocycles. The van der Waals surface area contributed by atoms with E-state index in [4.69, 9.17) is 0 Å². The van der Waals surface area contributed by atoms with Gasteiger partial charge >= 0.3 is 0 Å². The Bertz CT molecular complexity index is 849. The van der Waals surface area contributed by atoms with Crippen LogP contribution in [0.4, 0.5) is 0 Å². The van der Waals surface area contributed by atoms with Crippen LogP contribution >= 0.6 is 11.3 Å². The average molecular weight is 369 g/mol. The highest BCUT2D eigenvalue weighted by atomic mass is 32.1. The summed E-state index contributed by atoms with van der Waals surface area (Å²) in [5.74, 6) is -0.200. The second kappa shape index (κ2) is 7.71. The lowest BCUT2D eigenvalue weighted by Crippen LogP contribution is -2.39. The fourth-order valence-electron chi connectivity index (χ4n) is 3.18. The largest absolute Gasteiger partial charge is 0.351 e. The number of aromatic nitrogens is 5. The minimum absolute atomic E-state index is 0.200. The van der Waals surface area contributed by atoms with Gasteiger partial charge in [0.15, 0.2) is 0 Å². The zero-order valence-corrected chi connectivity index (χ0v) is 15.0. The van der Waals surface area contributed by atoms with Crippen molar-refractivity contribution < 1.29 is 4.79 Å². The number of nitrogens with zero attached hydrogens (tertiary/aromatic N) is 6. The molecule has 0 fully saturated rings. The summed E-state index contributed by atoms with van der Waals surface area (Å²) in [6.45, 7) is 3.15. The van der Waals surface area contributed by atoms with Crippen LogP contribution in [0.15, 0.2) is 42.4 Å². The lowest BCUT2D eigenvalue weighted by molar-refractivity contribution is 0.0941. The smallest absolute Gasteiger partial charge is 0.271 e.